The monoisotopic (exact) mass is 304 g/mol. The maximum absolute atomic E-state index is 12.3. The summed E-state index contributed by atoms with van der Waals surface area (Å²) in [6.07, 6.45) is 0. The molecule has 21 heavy (non-hydrogen) atoms. The summed E-state index contributed by atoms with van der Waals surface area (Å²) in [5.74, 6) is 0. The Balaban J connectivity index is 2.17. The predicted molar refractivity (Wildman–Crippen MR) is 85.8 cm³/mol. The highest BCUT2D eigenvalue weighted by atomic mass is 32.2. The van der Waals surface area contributed by atoms with Crippen molar-refractivity contribution >= 4 is 15.7 Å². The second kappa shape index (κ2) is 6.74. The van der Waals surface area contributed by atoms with Crippen molar-refractivity contribution in [3.63, 3.8) is 0 Å². The SMILES string of the molecule is CCNC(C)c1ccc(S(=O)(=O)Nc2ccccc2)cc1. The van der Waals surface area contributed by atoms with E-state index in [-0.39, 0.29) is 10.9 Å². The topological polar surface area (TPSA) is 58.2 Å². The lowest BCUT2D eigenvalue weighted by atomic mass is 10.1. The van der Waals surface area contributed by atoms with Crippen LogP contribution >= 0.6 is 0 Å². The van der Waals surface area contributed by atoms with Crippen LogP contribution in [0.5, 0.6) is 0 Å². The lowest BCUT2D eigenvalue weighted by Crippen LogP contribution is -2.18. The molecule has 0 aliphatic carbocycles. The quantitative estimate of drug-likeness (QED) is 0.862. The average Bonchev–Trinajstić information content (AvgIpc) is 2.48. The lowest BCUT2D eigenvalue weighted by molar-refractivity contribution is 0.594. The number of hydrogen-bond donors (Lipinski definition) is 2. The van der Waals surface area contributed by atoms with Gasteiger partial charge in [-0.15, -0.1) is 0 Å². The summed E-state index contributed by atoms with van der Waals surface area (Å²) in [7, 11) is -3.54. The zero-order chi connectivity index (χ0) is 15.3. The van der Waals surface area contributed by atoms with Gasteiger partial charge in [-0.3, -0.25) is 4.72 Å². The molecule has 112 valence electrons. The molecule has 0 saturated carbocycles. The van der Waals surface area contributed by atoms with Crippen LogP contribution in [0.15, 0.2) is 59.5 Å². The zero-order valence-corrected chi connectivity index (χ0v) is 13.0. The van der Waals surface area contributed by atoms with Crippen molar-refractivity contribution < 1.29 is 8.42 Å². The van der Waals surface area contributed by atoms with Gasteiger partial charge in [0, 0.05) is 11.7 Å². The van der Waals surface area contributed by atoms with E-state index in [1.54, 1.807) is 36.4 Å². The van der Waals surface area contributed by atoms with E-state index in [1.165, 1.54) is 0 Å². The number of rotatable bonds is 6. The predicted octanol–water partition coefficient (Wildman–Crippen LogP) is 3.16. The summed E-state index contributed by atoms with van der Waals surface area (Å²) in [6, 6.07) is 16.0. The number of para-hydroxylation sites is 1. The minimum atomic E-state index is -3.54. The Kier molecular flexibility index (Phi) is 4.98. The van der Waals surface area contributed by atoms with Crippen LogP contribution < -0.4 is 10.0 Å². The molecule has 4 nitrogen and oxygen atoms in total. The summed E-state index contributed by atoms with van der Waals surface area (Å²) in [4.78, 5) is 0.263. The van der Waals surface area contributed by atoms with E-state index in [4.69, 9.17) is 0 Å². The van der Waals surface area contributed by atoms with Gasteiger partial charge in [-0.25, -0.2) is 8.42 Å². The molecule has 2 N–H and O–H groups in total. The van der Waals surface area contributed by atoms with E-state index in [0.717, 1.165) is 12.1 Å². The van der Waals surface area contributed by atoms with Crippen LogP contribution in [0.2, 0.25) is 0 Å². The van der Waals surface area contributed by atoms with Crippen LogP contribution in [0.25, 0.3) is 0 Å². The number of benzene rings is 2. The average molecular weight is 304 g/mol. The van der Waals surface area contributed by atoms with Crippen molar-refractivity contribution in [2.75, 3.05) is 11.3 Å². The van der Waals surface area contributed by atoms with Gasteiger partial charge >= 0.3 is 0 Å². The molecule has 2 rings (SSSR count). The van der Waals surface area contributed by atoms with Gasteiger partial charge in [-0.2, -0.15) is 0 Å². The van der Waals surface area contributed by atoms with E-state index in [2.05, 4.69) is 17.0 Å². The molecule has 0 spiro atoms. The van der Waals surface area contributed by atoms with Crippen LogP contribution in [0.4, 0.5) is 5.69 Å². The largest absolute Gasteiger partial charge is 0.310 e. The highest BCUT2D eigenvalue weighted by Crippen LogP contribution is 2.19. The molecule has 0 aliphatic rings. The summed E-state index contributed by atoms with van der Waals surface area (Å²) >= 11 is 0. The summed E-state index contributed by atoms with van der Waals surface area (Å²) < 4.78 is 27.1. The maximum atomic E-state index is 12.3. The Hall–Kier alpha value is -1.85. The summed E-state index contributed by atoms with van der Waals surface area (Å²) in [5, 5.41) is 3.29. The molecule has 0 heterocycles. The van der Waals surface area contributed by atoms with Crippen LogP contribution in [0.3, 0.4) is 0 Å². The van der Waals surface area contributed by atoms with E-state index in [0.29, 0.717) is 5.69 Å². The number of nitrogens with one attached hydrogen (secondary N) is 2. The Bertz CT molecular complexity index is 667. The van der Waals surface area contributed by atoms with Crippen molar-refractivity contribution in [1.82, 2.24) is 5.32 Å². The van der Waals surface area contributed by atoms with Gasteiger partial charge in [0.1, 0.15) is 0 Å². The molecule has 0 aliphatic heterocycles. The highest BCUT2D eigenvalue weighted by Gasteiger charge is 2.14. The Labute approximate surface area is 126 Å². The summed E-state index contributed by atoms with van der Waals surface area (Å²) in [6.45, 7) is 4.96. The van der Waals surface area contributed by atoms with Gasteiger partial charge in [0.15, 0.2) is 0 Å². The van der Waals surface area contributed by atoms with Gasteiger partial charge in [0.2, 0.25) is 0 Å². The molecule has 1 atom stereocenters. The van der Waals surface area contributed by atoms with Gasteiger partial charge < -0.3 is 5.32 Å². The van der Waals surface area contributed by atoms with Crippen molar-refractivity contribution in [1.29, 1.82) is 0 Å². The third-order valence-corrected chi connectivity index (χ3v) is 4.62. The number of anilines is 1. The first kappa shape index (κ1) is 15.5. The van der Waals surface area contributed by atoms with Crippen molar-refractivity contribution in [3.8, 4) is 0 Å². The Morgan fingerprint density at radius 1 is 1.00 bits per heavy atom. The molecule has 0 aromatic heterocycles. The van der Waals surface area contributed by atoms with E-state index in [1.807, 2.05) is 25.1 Å². The second-order valence-corrected chi connectivity index (χ2v) is 6.50. The van der Waals surface area contributed by atoms with E-state index < -0.39 is 10.0 Å². The molecule has 2 aromatic rings. The van der Waals surface area contributed by atoms with Crippen LogP contribution in [0.1, 0.15) is 25.5 Å². The highest BCUT2D eigenvalue weighted by molar-refractivity contribution is 7.92. The molecule has 0 radical (unpaired) electrons. The molecule has 5 heteroatoms. The van der Waals surface area contributed by atoms with Gasteiger partial charge in [-0.1, -0.05) is 37.3 Å². The van der Waals surface area contributed by atoms with E-state index >= 15 is 0 Å². The summed E-state index contributed by atoms with van der Waals surface area (Å²) in [5.41, 5.74) is 1.62. The standard InChI is InChI=1S/C16H20N2O2S/c1-3-17-13(2)14-9-11-16(12-10-14)21(19,20)18-15-7-5-4-6-8-15/h4-13,17-18H,3H2,1-2H3. The van der Waals surface area contributed by atoms with Gasteiger partial charge in [-0.05, 0) is 43.3 Å². The Morgan fingerprint density at radius 2 is 1.62 bits per heavy atom. The van der Waals surface area contributed by atoms with Gasteiger partial charge in [0.05, 0.1) is 4.90 Å². The first-order chi connectivity index (χ1) is 10.0. The van der Waals surface area contributed by atoms with E-state index in [9.17, 15) is 8.42 Å². The molecule has 1 unspecified atom stereocenters. The maximum Gasteiger partial charge on any atom is 0.261 e. The fourth-order valence-electron chi connectivity index (χ4n) is 2.08. The molecular formula is C16H20N2O2S. The third-order valence-electron chi connectivity index (χ3n) is 3.23. The molecule has 2 aromatic carbocycles. The fraction of sp³-hybridized carbons (Fsp3) is 0.250. The molecule has 0 fully saturated rings. The fourth-order valence-corrected chi connectivity index (χ4v) is 3.14. The number of sulfonamides is 1. The minimum Gasteiger partial charge on any atom is -0.310 e. The van der Waals surface area contributed by atoms with Crippen LogP contribution in [-0.4, -0.2) is 15.0 Å². The second-order valence-electron chi connectivity index (χ2n) is 4.82. The molecule has 0 bridgehead atoms. The molecular weight excluding hydrogens is 284 g/mol. The lowest BCUT2D eigenvalue weighted by Gasteiger charge is -2.13. The Morgan fingerprint density at radius 3 is 2.19 bits per heavy atom. The number of hydrogen-bond acceptors (Lipinski definition) is 3. The first-order valence-electron chi connectivity index (χ1n) is 6.94. The first-order valence-corrected chi connectivity index (χ1v) is 8.42. The van der Waals surface area contributed by atoms with Crippen molar-refractivity contribution in [3.05, 3.63) is 60.2 Å². The third kappa shape index (κ3) is 4.06. The van der Waals surface area contributed by atoms with Crippen LogP contribution in [0, 0.1) is 0 Å². The van der Waals surface area contributed by atoms with Crippen molar-refractivity contribution in [2.45, 2.75) is 24.8 Å². The smallest absolute Gasteiger partial charge is 0.261 e. The van der Waals surface area contributed by atoms with Gasteiger partial charge in [0.25, 0.3) is 10.0 Å². The van der Waals surface area contributed by atoms with Crippen molar-refractivity contribution in [2.24, 2.45) is 0 Å². The minimum absolute atomic E-state index is 0.203. The molecule has 0 saturated heterocycles. The molecule has 0 amide bonds. The zero-order valence-electron chi connectivity index (χ0n) is 12.2. The normalized spacial score (nSPS) is 12.9. The van der Waals surface area contributed by atoms with Crippen LogP contribution in [-0.2, 0) is 10.0 Å².